The standard InChI is InChI=1S/C9H7ClN2OS/c10-7-5-11-9(13)12-8(7)4-6-2-1-3-14-6/h1-3,5H,4H2,(H,11,12,13). The molecule has 5 heteroatoms. The lowest BCUT2D eigenvalue weighted by atomic mass is 10.2. The monoisotopic (exact) mass is 226 g/mol. The predicted molar refractivity (Wildman–Crippen MR) is 57.0 cm³/mol. The lowest BCUT2D eigenvalue weighted by Crippen LogP contribution is -2.12. The third-order valence-electron chi connectivity index (χ3n) is 1.77. The Hall–Kier alpha value is -1.13. The molecule has 0 amide bonds. The van der Waals surface area contributed by atoms with Crippen LogP contribution in [-0.4, -0.2) is 9.97 Å². The molecule has 2 heterocycles. The van der Waals surface area contributed by atoms with Crippen molar-refractivity contribution in [3.8, 4) is 0 Å². The smallest absolute Gasteiger partial charge is 0.308 e. The molecule has 2 rings (SSSR count). The summed E-state index contributed by atoms with van der Waals surface area (Å²) in [7, 11) is 0. The van der Waals surface area contributed by atoms with Gasteiger partial charge in [-0.2, -0.15) is 0 Å². The Bertz CT molecular complexity index is 478. The molecule has 3 nitrogen and oxygen atoms in total. The van der Waals surface area contributed by atoms with Crippen LogP contribution in [0, 0.1) is 0 Å². The van der Waals surface area contributed by atoms with Crippen molar-refractivity contribution < 1.29 is 0 Å². The quantitative estimate of drug-likeness (QED) is 0.852. The van der Waals surface area contributed by atoms with Gasteiger partial charge in [-0.3, -0.25) is 0 Å². The van der Waals surface area contributed by atoms with Gasteiger partial charge in [0.2, 0.25) is 0 Å². The Balaban J connectivity index is 2.33. The second-order valence-electron chi connectivity index (χ2n) is 2.77. The third-order valence-corrected chi connectivity index (χ3v) is 2.97. The van der Waals surface area contributed by atoms with E-state index in [1.165, 1.54) is 6.20 Å². The molecular formula is C9H7ClN2OS. The number of nitrogens with one attached hydrogen (secondary N) is 1. The van der Waals surface area contributed by atoms with E-state index >= 15 is 0 Å². The lowest BCUT2D eigenvalue weighted by Gasteiger charge is -2.00. The number of hydrogen-bond acceptors (Lipinski definition) is 3. The molecule has 0 aliphatic heterocycles. The van der Waals surface area contributed by atoms with E-state index in [0.717, 1.165) is 4.88 Å². The zero-order valence-electron chi connectivity index (χ0n) is 7.16. The Morgan fingerprint density at radius 2 is 2.43 bits per heavy atom. The van der Waals surface area contributed by atoms with Gasteiger partial charge in [0.05, 0.1) is 11.2 Å². The summed E-state index contributed by atoms with van der Waals surface area (Å²) in [6.07, 6.45) is 2.03. The molecule has 0 aromatic carbocycles. The van der Waals surface area contributed by atoms with Crippen molar-refractivity contribution in [3.05, 3.63) is 49.8 Å². The number of aromatic nitrogens is 2. The van der Waals surface area contributed by atoms with Crippen molar-refractivity contribution in [2.24, 2.45) is 0 Å². The molecule has 0 bridgehead atoms. The molecule has 0 atom stereocenters. The van der Waals surface area contributed by atoms with Crippen molar-refractivity contribution in [2.75, 3.05) is 0 Å². The molecule has 0 aliphatic carbocycles. The zero-order chi connectivity index (χ0) is 9.97. The Kier molecular flexibility index (Phi) is 2.65. The number of aromatic amines is 1. The van der Waals surface area contributed by atoms with Crippen LogP contribution in [-0.2, 0) is 6.42 Å². The average Bonchev–Trinajstić information content (AvgIpc) is 2.64. The SMILES string of the molecule is O=c1ncc(Cl)c(Cc2cccs2)[nH]1. The minimum atomic E-state index is -0.360. The molecule has 0 unspecified atom stereocenters. The fourth-order valence-corrected chi connectivity index (χ4v) is 2.01. The Morgan fingerprint density at radius 3 is 3.14 bits per heavy atom. The summed E-state index contributed by atoms with van der Waals surface area (Å²) in [4.78, 5) is 18.3. The van der Waals surface area contributed by atoms with Crippen LogP contribution in [0.3, 0.4) is 0 Å². The first-order valence-electron chi connectivity index (χ1n) is 4.02. The highest BCUT2D eigenvalue weighted by Gasteiger charge is 2.03. The molecule has 0 fully saturated rings. The van der Waals surface area contributed by atoms with Crippen molar-refractivity contribution >= 4 is 22.9 Å². The van der Waals surface area contributed by atoms with Crippen LogP contribution in [0.2, 0.25) is 5.02 Å². The molecule has 1 N–H and O–H groups in total. The highest BCUT2D eigenvalue weighted by molar-refractivity contribution is 7.09. The van der Waals surface area contributed by atoms with Crippen molar-refractivity contribution in [3.63, 3.8) is 0 Å². The Labute approximate surface area is 89.4 Å². The first-order chi connectivity index (χ1) is 6.75. The molecule has 0 saturated carbocycles. The van der Waals surface area contributed by atoms with Gasteiger partial charge in [-0.1, -0.05) is 17.7 Å². The molecule has 0 radical (unpaired) electrons. The second-order valence-corrected chi connectivity index (χ2v) is 4.21. The predicted octanol–water partition coefficient (Wildman–Crippen LogP) is 2.08. The van der Waals surface area contributed by atoms with Gasteiger partial charge in [-0.15, -0.1) is 11.3 Å². The van der Waals surface area contributed by atoms with Crippen LogP contribution >= 0.6 is 22.9 Å². The normalized spacial score (nSPS) is 10.4. The van der Waals surface area contributed by atoms with Gasteiger partial charge in [0.15, 0.2) is 0 Å². The summed E-state index contributed by atoms with van der Waals surface area (Å²) in [5.41, 5.74) is 0.357. The van der Waals surface area contributed by atoms with E-state index in [0.29, 0.717) is 17.1 Å². The first-order valence-corrected chi connectivity index (χ1v) is 5.27. The number of rotatable bonds is 2. The van der Waals surface area contributed by atoms with Crippen molar-refractivity contribution in [2.45, 2.75) is 6.42 Å². The third kappa shape index (κ3) is 2.02. The summed E-state index contributed by atoms with van der Waals surface area (Å²) in [5, 5.41) is 2.49. The summed E-state index contributed by atoms with van der Waals surface area (Å²) in [6, 6.07) is 3.97. The van der Waals surface area contributed by atoms with Gasteiger partial charge < -0.3 is 4.98 Å². The van der Waals surface area contributed by atoms with E-state index in [1.54, 1.807) is 11.3 Å². The highest BCUT2D eigenvalue weighted by Crippen LogP contribution is 2.17. The minimum Gasteiger partial charge on any atom is -0.308 e. The molecule has 0 saturated heterocycles. The maximum Gasteiger partial charge on any atom is 0.345 e. The van der Waals surface area contributed by atoms with Crippen LogP contribution < -0.4 is 5.69 Å². The molecule has 2 aromatic rings. The summed E-state index contributed by atoms with van der Waals surface area (Å²) in [6.45, 7) is 0. The van der Waals surface area contributed by atoms with Crippen molar-refractivity contribution in [1.29, 1.82) is 0 Å². The van der Waals surface area contributed by atoms with Crippen LogP contribution in [0.25, 0.3) is 0 Å². The summed E-state index contributed by atoms with van der Waals surface area (Å²) in [5.74, 6) is 0. The maximum absolute atomic E-state index is 10.9. The van der Waals surface area contributed by atoms with Gasteiger partial charge in [-0.25, -0.2) is 9.78 Å². The first kappa shape index (κ1) is 9.43. The number of nitrogens with zero attached hydrogens (tertiary/aromatic N) is 1. The summed E-state index contributed by atoms with van der Waals surface area (Å²) >= 11 is 7.52. The van der Waals surface area contributed by atoms with E-state index in [9.17, 15) is 4.79 Å². The largest absolute Gasteiger partial charge is 0.345 e. The van der Waals surface area contributed by atoms with E-state index < -0.39 is 0 Å². The fraction of sp³-hybridized carbons (Fsp3) is 0.111. The molecule has 14 heavy (non-hydrogen) atoms. The molecule has 0 aliphatic rings. The molecule has 2 aromatic heterocycles. The second kappa shape index (κ2) is 3.94. The van der Waals surface area contributed by atoms with E-state index in [2.05, 4.69) is 9.97 Å². The fourth-order valence-electron chi connectivity index (χ4n) is 1.13. The highest BCUT2D eigenvalue weighted by atomic mass is 35.5. The van der Waals surface area contributed by atoms with E-state index in [1.807, 2.05) is 17.5 Å². The number of hydrogen-bond donors (Lipinski definition) is 1. The van der Waals surface area contributed by atoms with Crippen LogP contribution in [0.1, 0.15) is 10.6 Å². The molecule has 0 spiro atoms. The van der Waals surface area contributed by atoms with E-state index in [4.69, 9.17) is 11.6 Å². The molecule has 72 valence electrons. The topological polar surface area (TPSA) is 45.8 Å². The van der Waals surface area contributed by atoms with Gasteiger partial charge >= 0.3 is 5.69 Å². The lowest BCUT2D eigenvalue weighted by molar-refractivity contribution is 0.986. The molecular weight excluding hydrogens is 220 g/mol. The van der Waals surface area contributed by atoms with Gasteiger partial charge in [-0.05, 0) is 11.4 Å². The van der Waals surface area contributed by atoms with Crippen LogP contribution in [0.15, 0.2) is 28.5 Å². The Morgan fingerprint density at radius 1 is 1.57 bits per heavy atom. The summed E-state index contributed by atoms with van der Waals surface area (Å²) < 4.78 is 0. The van der Waals surface area contributed by atoms with Gasteiger partial charge in [0.1, 0.15) is 0 Å². The van der Waals surface area contributed by atoms with Gasteiger partial charge in [0, 0.05) is 17.0 Å². The van der Waals surface area contributed by atoms with Crippen LogP contribution in [0.4, 0.5) is 0 Å². The number of thiophene rings is 1. The average molecular weight is 227 g/mol. The van der Waals surface area contributed by atoms with Crippen LogP contribution in [0.5, 0.6) is 0 Å². The minimum absolute atomic E-state index is 0.360. The van der Waals surface area contributed by atoms with E-state index in [-0.39, 0.29) is 5.69 Å². The number of H-pyrrole nitrogens is 1. The zero-order valence-corrected chi connectivity index (χ0v) is 8.73. The van der Waals surface area contributed by atoms with Gasteiger partial charge in [0.25, 0.3) is 0 Å². The maximum atomic E-state index is 10.9. The number of halogens is 1. The van der Waals surface area contributed by atoms with Crippen molar-refractivity contribution in [1.82, 2.24) is 9.97 Å².